The van der Waals surface area contributed by atoms with Crippen molar-refractivity contribution in [2.75, 3.05) is 0 Å². The lowest BCUT2D eigenvalue weighted by Crippen LogP contribution is -1.89. The second-order valence-electron chi connectivity index (χ2n) is 6.87. The molecule has 2 nitrogen and oxygen atoms in total. The molecule has 0 saturated carbocycles. The number of hydrogen-bond acceptors (Lipinski definition) is 0. The number of aromatic amines is 2. The lowest BCUT2D eigenvalue weighted by atomic mass is 10.1. The number of hydrogen-bond donors (Lipinski definition) is 2. The third-order valence-corrected chi connectivity index (χ3v) is 5.23. The Hall–Kier alpha value is -3.52. The van der Waals surface area contributed by atoms with E-state index in [0.29, 0.717) is 0 Å². The molecule has 4 aromatic carbocycles. The Labute approximate surface area is 150 Å². The molecular formula is C24H15N2. The van der Waals surface area contributed by atoms with Gasteiger partial charge in [-0.05, 0) is 68.7 Å². The van der Waals surface area contributed by atoms with Crippen LogP contribution in [0.5, 0.6) is 0 Å². The number of rotatable bonds is 1. The molecule has 2 aromatic heterocycles. The van der Waals surface area contributed by atoms with E-state index in [0.717, 1.165) is 22.3 Å². The van der Waals surface area contributed by atoms with Crippen molar-refractivity contribution in [2.45, 2.75) is 0 Å². The van der Waals surface area contributed by atoms with E-state index in [1.165, 1.54) is 32.3 Å². The number of H-pyrrole nitrogens is 2. The molecule has 0 amide bonds. The maximum atomic E-state index is 3.57. The Morgan fingerprint density at radius 1 is 0.538 bits per heavy atom. The maximum Gasteiger partial charge on any atom is 0.0710 e. The molecular weight excluding hydrogens is 316 g/mol. The highest BCUT2D eigenvalue weighted by Gasteiger charge is 2.05. The van der Waals surface area contributed by atoms with Crippen LogP contribution < -0.4 is 0 Å². The van der Waals surface area contributed by atoms with Gasteiger partial charge >= 0.3 is 0 Å². The summed E-state index contributed by atoms with van der Waals surface area (Å²) in [7, 11) is 0. The summed E-state index contributed by atoms with van der Waals surface area (Å²) in [5, 5.41) is 8.58. The molecule has 6 aromatic rings. The average Bonchev–Trinajstić information content (AvgIpc) is 3.31. The summed E-state index contributed by atoms with van der Waals surface area (Å²) in [5.41, 5.74) is 3.23. The van der Waals surface area contributed by atoms with Crippen LogP contribution in [0.15, 0.2) is 78.9 Å². The quantitative estimate of drug-likeness (QED) is 0.348. The fourth-order valence-electron chi connectivity index (χ4n) is 3.85. The van der Waals surface area contributed by atoms with Crippen LogP contribution in [0.3, 0.4) is 0 Å². The normalized spacial score (nSPS) is 11.8. The second-order valence-corrected chi connectivity index (χ2v) is 6.87. The summed E-state index contributed by atoms with van der Waals surface area (Å²) in [5.74, 6) is 0. The van der Waals surface area contributed by atoms with E-state index in [1.54, 1.807) is 0 Å². The Balaban J connectivity index is 1.55. The van der Waals surface area contributed by atoms with Crippen LogP contribution in [-0.4, -0.2) is 9.97 Å². The van der Waals surface area contributed by atoms with Crippen molar-refractivity contribution in [2.24, 2.45) is 0 Å². The molecule has 2 heteroatoms. The molecule has 0 bridgehead atoms. The van der Waals surface area contributed by atoms with E-state index in [9.17, 15) is 0 Å². The van der Waals surface area contributed by atoms with Gasteiger partial charge in [-0.3, -0.25) is 0 Å². The molecule has 0 spiro atoms. The predicted octanol–water partition coefficient (Wildman–Crippen LogP) is 6.42. The van der Waals surface area contributed by atoms with Crippen molar-refractivity contribution in [3.05, 3.63) is 85.1 Å². The maximum absolute atomic E-state index is 3.57. The van der Waals surface area contributed by atoms with Gasteiger partial charge in [0.05, 0.1) is 17.6 Å². The van der Waals surface area contributed by atoms with Crippen LogP contribution in [0.25, 0.3) is 54.6 Å². The van der Waals surface area contributed by atoms with Gasteiger partial charge in [-0.25, -0.2) is 0 Å². The molecule has 0 unspecified atom stereocenters. The van der Waals surface area contributed by atoms with Crippen LogP contribution in [0.2, 0.25) is 0 Å². The zero-order valence-electron chi connectivity index (χ0n) is 14.0. The Morgan fingerprint density at radius 3 is 2.04 bits per heavy atom. The van der Waals surface area contributed by atoms with E-state index >= 15 is 0 Å². The molecule has 0 aliphatic rings. The fraction of sp³-hybridized carbons (Fsp3) is 0. The second kappa shape index (κ2) is 4.99. The number of pyridine rings is 2. The largest absolute Gasteiger partial charge is 0.353 e. The number of fused-ring (bicyclic) bond motifs is 4. The van der Waals surface area contributed by atoms with Crippen LogP contribution in [-0.2, 0) is 0 Å². The third kappa shape index (κ3) is 1.99. The van der Waals surface area contributed by atoms with Gasteiger partial charge in [0.2, 0.25) is 0 Å². The summed E-state index contributed by atoms with van der Waals surface area (Å²) in [4.78, 5) is 6.90. The SMILES string of the molecule is [c]1[nH]c(-c2ccc3cc4cccc4cc3[nH]2)cc2cc3cccc3cc12. The minimum atomic E-state index is 1.04. The highest BCUT2D eigenvalue weighted by Crippen LogP contribution is 2.28. The summed E-state index contributed by atoms with van der Waals surface area (Å²) in [6.45, 7) is 0. The van der Waals surface area contributed by atoms with Crippen molar-refractivity contribution >= 4 is 43.2 Å². The van der Waals surface area contributed by atoms with Gasteiger partial charge in [0.1, 0.15) is 0 Å². The van der Waals surface area contributed by atoms with Crippen molar-refractivity contribution in [1.29, 1.82) is 0 Å². The fourth-order valence-corrected chi connectivity index (χ4v) is 3.85. The van der Waals surface area contributed by atoms with Gasteiger partial charge in [0.15, 0.2) is 0 Å². The monoisotopic (exact) mass is 331 g/mol. The van der Waals surface area contributed by atoms with E-state index in [4.69, 9.17) is 0 Å². The number of nitrogens with one attached hydrogen (secondary N) is 2. The molecule has 0 atom stereocenters. The lowest BCUT2D eigenvalue weighted by molar-refractivity contribution is 1.29. The Morgan fingerprint density at radius 2 is 1.23 bits per heavy atom. The molecule has 26 heavy (non-hydrogen) atoms. The summed E-state index contributed by atoms with van der Waals surface area (Å²) < 4.78 is 0. The van der Waals surface area contributed by atoms with Gasteiger partial charge < -0.3 is 9.97 Å². The smallest absolute Gasteiger partial charge is 0.0710 e. The Bertz CT molecular complexity index is 1320. The van der Waals surface area contributed by atoms with Gasteiger partial charge in [-0.1, -0.05) is 42.5 Å². The highest BCUT2D eigenvalue weighted by molar-refractivity contribution is 6.00. The van der Waals surface area contributed by atoms with Crippen LogP contribution in [0.1, 0.15) is 0 Å². The minimum Gasteiger partial charge on any atom is -0.353 e. The molecule has 0 aliphatic carbocycles. The third-order valence-electron chi connectivity index (χ3n) is 5.23. The minimum absolute atomic E-state index is 1.04. The topological polar surface area (TPSA) is 31.6 Å². The van der Waals surface area contributed by atoms with Crippen molar-refractivity contribution in [1.82, 2.24) is 9.97 Å². The zero-order valence-corrected chi connectivity index (χ0v) is 14.0. The standard InChI is InChI=1S/C24H15N2/c1-4-16-10-20-13-24(25-14-21(20)11-17(16)5-1)22-8-7-19-9-15-3-2-6-18(15)12-23(19)26-22/h1-13,25-26H. The van der Waals surface area contributed by atoms with Gasteiger partial charge in [0, 0.05) is 10.9 Å². The lowest BCUT2D eigenvalue weighted by Gasteiger charge is -2.08. The van der Waals surface area contributed by atoms with Crippen LogP contribution in [0.4, 0.5) is 0 Å². The first-order valence-electron chi connectivity index (χ1n) is 8.79. The number of aromatic nitrogens is 2. The van der Waals surface area contributed by atoms with E-state index in [2.05, 4.69) is 95.0 Å². The molecule has 0 saturated heterocycles. The van der Waals surface area contributed by atoms with Crippen molar-refractivity contribution in [3.8, 4) is 11.4 Å². The van der Waals surface area contributed by atoms with Gasteiger partial charge in [-0.15, -0.1) is 0 Å². The summed E-state index contributed by atoms with van der Waals surface area (Å²) in [6, 6.07) is 28.1. The summed E-state index contributed by atoms with van der Waals surface area (Å²) >= 11 is 0. The molecule has 6 rings (SSSR count). The summed E-state index contributed by atoms with van der Waals surface area (Å²) in [6.07, 6.45) is 3.33. The van der Waals surface area contributed by atoms with Crippen molar-refractivity contribution in [3.63, 3.8) is 0 Å². The predicted molar refractivity (Wildman–Crippen MR) is 109 cm³/mol. The van der Waals surface area contributed by atoms with Crippen molar-refractivity contribution < 1.29 is 0 Å². The highest BCUT2D eigenvalue weighted by atomic mass is 14.8. The molecule has 121 valence electrons. The molecule has 2 N–H and O–H groups in total. The van der Waals surface area contributed by atoms with Crippen LogP contribution in [0, 0.1) is 6.20 Å². The Kier molecular flexibility index (Phi) is 2.64. The van der Waals surface area contributed by atoms with Gasteiger partial charge in [0.25, 0.3) is 0 Å². The first-order chi connectivity index (χ1) is 12.8. The first kappa shape index (κ1) is 13.7. The van der Waals surface area contributed by atoms with E-state index in [1.807, 2.05) is 0 Å². The van der Waals surface area contributed by atoms with E-state index in [-0.39, 0.29) is 0 Å². The average molecular weight is 331 g/mol. The first-order valence-corrected chi connectivity index (χ1v) is 8.79. The molecule has 2 heterocycles. The van der Waals surface area contributed by atoms with E-state index < -0.39 is 0 Å². The molecule has 1 radical (unpaired) electrons. The van der Waals surface area contributed by atoms with Crippen LogP contribution >= 0.6 is 0 Å². The van der Waals surface area contributed by atoms with Gasteiger partial charge in [-0.2, -0.15) is 0 Å². The molecule has 0 fully saturated rings. The zero-order chi connectivity index (χ0) is 17.1. The molecule has 0 aliphatic heterocycles. The number of benzene rings is 2.